The van der Waals surface area contributed by atoms with Crippen LogP contribution in [0.5, 0.6) is 51.7 Å². The molecule has 0 aliphatic rings. The third kappa shape index (κ3) is 44.2. The molecule has 0 unspecified atom stereocenters. The number of rotatable bonds is 72. The maximum absolute atomic E-state index is 6.69. The van der Waals surface area contributed by atoms with Gasteiger partial charge in [-0.3, -0.25) is 0 Å². The topological polar surface area (TPSA) is 83.1 Å². The summed E-state index contributed by atoms with van der Waals surface area (Å²) in [6.07, 6.45) is 39.3. The van der Waals surface area contributed by atoms with Gasteiger partial charge in [-0.25, -0.2) is 0 Å². The predicted molar refractivity (Wildman–Crippen MR) is 475 cm³/mol. The average molecular weight is 2200 g/mol. The van der Waals surface area contributed by atoms with Gasteiger partial charge in [-0.2, -0.15) is 0 Å². The monoisotopic (exact) mass is 2210 g/mol. The van der Waals surface area contributed by atoms with Crippen molar-refractivity contribution in [2.24, 2.45) is 0 Å². The molecule has 110 heavy (non-hydrogen) atoms. The summed E-state index contributed by atoms with van der Waals surface area (Å²) < 4.78 is 75.7. The molecule has 6 rings (SSSR count). The molecule has 0 spiro atoms. The van der Waals surface area contributed by atoms with E-state index in [1.165, 1.54) is 208 Å². The first kappa shape index (κ1) is 97.1. The molecule has 0 aliphatic heterocycles. The Morgan fingerprint density at radius 3 is 0.564 bits per heavy atom. The van der Waals surface area contributed by atoms with Gasteiger partial charge in [-0.15, -0.1) is 0 Å². The second-order valence-electron chi connectivity index (χ2n) is 29.3. The van der Waals surface area contributed by atoms with Gasteiger partial charge >= 0.3 is 711 Å². The van der Waals surface area contributed by atoms with E-state index in [0.717, 1.165) is 163 Å². The van der Waals surface area contributed by atoms with Crippen LogP contribution in [0.1, 0.15) is 274 Å². The van der Waals surface area contributed by atoms with Gasteiger partial charge in [0.05, 0.1) is 0 Å². The third-order valence-electron chi connectivity index (χ3n) is 19.4. The van der Waals surface area contributed by atoms with Crippen molar-refractivity contribution in [3.8, 4) is 51.7 Å². The summed E-state index contributed by atoms with van der Waals surface area (Å²) in [6, 6.07) is 45.4. The summed E-state index contributed by atoms with van der Waals surface area (Å²) in [5, 5.41) is 0. The molecule has 0 radical (unpaired) electrons. The first-order valence-corrected chi connectivity index (χ1v) is 62.9. The number of ether oxygens (including phenoxy) is 9. The molecular formula is C95H144O9Te6. The molecule has 0 aromatic heterocycles. The van der Waals surface area contributed by atoms with Crippen molar-refractivity contribution in [3.63, 3.8) is 0 Å². The molecule has 6 aromatic carbocycles. The molecule has 15 heteroatoms. The molecule has 614 valence electrons. The zero-order valence-electron chi connectivity index (χ0n) is 69.3. The fourth-order valence-electron chi connectivity index (χ4n) is 12.8. The van der Waals surface area contributed by atoms with Crippen LogP contribution in [0.25, 0.3) is 0 Å². The molecule has 6 aromatic rings. The molecular weight excluding hydrogens is 2050 g/mol. The van der Waals surface area contributed by atoms with Crippen molar-refractivity contribution >= 4 is 126 Å². The van der Waals surface area contributed by atoms with E-state index in [9.17, 15) is 0 Å². The quantitative estimate of drug-likeness (QED) is 0.0211. The Labute approximate surface area is 731 Å². The summed E-state index contributed by atoms with van der Waals surface area (Å²) in [5.41, 5.74) is 6.01. The van der Waals surface area contributed by atoms with E-state index in [1.807, 2.05) is 0 Å². The zero-order chi connectivity index (χ0) is 77.7. The molecule has 0 heterocycles. The van der Waals surface area contributed by atoms with Gasteiger partial charge in [0.2, 0.25) is 0 Å². The van der Waals surface area contributed by atoms with E-state index in [4.69, 9.17) is 42.6 Å². The van der Waals surface area contributed by atoms with E-state index in [-0.39, 0.29) is 126 Å². The molecule has 0 atom stereocenters. The Bertz CT molecular complexity index is 2740. The molecule has 0 amide bonds. The number of unbranched alkanes of at least 4 members (excludes halogenated alkanes) is 18. The van der Waals surface area contributed by atoms with Gasteiger partial charge < -0.3 is 0 Å². The summed E-state index contributed by atoms with van der Waals surface area (Å²) in [6.45, 7) is 21.8. The molecule has 0 fully saturated rings. The van der Waals surface area contributed by atoms with Crippen LogP contribution < -0.4 is 42.6 Å². The SMILES string of the molecule is CCCCCC[Te]CCCOc1cc(COc2ccc(C(C)(c3ccc(OCc4cc(OCCC[Te]CCCCCC)cc(OCCC[Te]CCCCCC)c4)cc3)c3ccc(OCc4cc(OCCC[Te]CCCCCC)cc(OCCC[Te]CCCCCC)c4)cc3)cc2)cc(OCCC[Te]CCCCCC)c1. The molecule has 0 aliphatic carbocycles. The zero-order valence-corrected chi connectivity index (χ0v) is 83.3. The molecule has 9 nitrogen and oxygen atoms in total. The molecule has 0 N–H and O–H groups in total. The average Bonchev–Trinajstić information content (AvgIpc) is 0.763. The van der Waals surface area contributed by atoms with Crippen LogP contribution in [0.3, 0.4) is 0 Å². The van der Waals surface area contributed by atoms with Crippen LogP contribution in [-0.2, 0) is 25.2 Å². The van der Waals surface area contributed by atoms with Crippen molar-refractivity contribution in [2.75, 3.05) is 39.6 Å². The normalized spacial score (nSPS) is 11.5. The van der Waals surface area contributed by atoms with E-state index < -0.39 is 5.41 Å². The van der Waals surface area contributed by atoms with E-state index >= 15 is 0 Å². The molecule has 0 saturated heterocycles. The summed E-state index contributed by atoms with van der Waals surface area (Å²) in [7, 11) is 0. The van der Waals surface area contributed by atoms with E-state index in [2.05, 4.69) is 176 Å². The number of hydrogen-bond acceptors (Lipinski definition) is 9. The fourth-order valence-corrected chi connectivity index (χ4v) is 28.8. The van der Waals surface area contributed by atoms with Crippen LogP contribution in [0, 0.1) is 0 Å². The minimum atomic E-state index is -0.568. The molecule has 0 bridgehead atoms. The fraction of sp³-hybridized carbons (Fsp3) is 0.621. The Morgan fingerprint density at radius 2 is 0.382 bits per heavy atom. The second kappa shape index (κ2) is 65.2. The third-order valence-corrected chi connectivity index (χ3v) is 39.2. The van der Waals surface area contributed by atoms with E-state index in [1.54, 1.807) is 0 Å². The first-order chi connectivity index (χ1) is 54.3. The van der Waals surface area contributed by atoms with Gasteiger partial charge in [-0.1, -0.05) is 0 Å². The van der Waals surface area contributed by atoms with Crippen molar-refractivity contribution in [2.45, 2.75) is 320 Å². The van der Waals surface area contributed by atoms with Gasteiger partial charge in [0, 0.05) is 5.41 Å². The molecule has 0 saturated carbocycles. The van der Waals surface area contributed by atoms with Crippen LogP contribution in [0.2, 0.25) is 53.6 Å². The van der Waals surface area contributed by atoms with Crippen LogP contribution in [0.15, 0.2) is 127 Å². The Kier molecular flexibility index (Phi) is 57.6. The number of benzene rings is 6. The second-order valence-corrected chi connectivity index (χ2v) is 50.2. The van der Waals surface area contributed by atoms with Crippen molar-refractivity contribution in [3.05, 3.63) is 161 Å². The van der Waals surface area contributed by atoms with Crippen LogP contribution in [0.4, 0.5) is 0 Å². The first-order valence-electron chi connectivity index (χ1n) is 43.1. The Balaban J connectivity index is 1.21. The van der Waals surface area contributed by atoms with Gasteiger partial charge in [0.25, 0.3) is 0 Å². The predicted octanol–water partition coefficient (Wildman–Crippen LogP) is 27.1. The van der Waals surface area contributed by atoms with Gasteiger partial charge in [-0.05, 0) is 23.6 Å². The summed E-state index contributed by atoms with van der Waals surface area (Å²) in [4.78, 5) is 0. The number of hydrogen-bond donors (Lipinski definition) is 0. The van der Waals surface area contributed by atoms with Gasteiger partial charge in [0.15, 0.2) is 0 Å². The van der Waals surface area contributed by atoms with Gasteiger partial charge in [0.1, 0.15) is 0 Å². The van der Waals surface area contributed by atoms with Crippen molar-refractivity contribution in [1.82, 2.24) is 0 Å². The summed E-state index contributed by atoms with van der Waals surface area (Å²) in [5.74, 6) is 7.65. The minimum absolute atomic E-state index is 0.0505. The standard InChI is InChI=1S/C95H144O9Te6/c1-8-14-20-26-56-105-62-32-50-96-89-68-80(69-90(74-89)97-51-33-63-106-57-27-21-15-9-2)77-102-86-44-38-83(39-45-86)95(7,84-40-46-87(47-41-84)103-78-81-70-91(98-52-34-64-107-58-28-22-16-10-3)75-92(71-81)99-53-35-65-108-59-29-23-17-11-4)85-42-48-88(49-43-85)104-79-82-72-93(100-54-36-66-109-60-30-24-18-12-5)76-94(73-82)101-55-37-67-110-61-31-25-19-13-6/h38-49,68-76H,8-37,50-67,77-79H2,1-7H3. The van der Waals surface area contributed by atoms with E-state index in [0.29, 0.717) is 19.8 Å². The van der Waals surface area contributed by atoms with Crippen LogP contribution >= 0.6 is 0 Å². The Morgan fingerprint density at radius 1 is 0.200 bits per heavy atom. The Hall–Kier alpha value is -1.74. The van der Waals surface area contributed by atoms with Crippen LogP contribution in [-0.4, -0.2) is 165 Å². The summed E-state index contributed by atoms with van der Waals surface area (Å²) >= 11 is 0.303. The van der Waals surface area contributed by atoms with Crippen molar-refractivity contribution < 1.29 is 42.6 Å². The van der Waals surface area contributed by atoms with Crippen molar-refractivity contribution in [1.29, 1.82) is 0 Å². The maximum atomic E-state index is 6.69.